The number of hydrogen-bond acceptors (Lipinski definition) is 4. The molecule has 2 amide bonds. The van der Waals surface area contributed by atoms with Crippen molar-refractivity contribution in [1.82, 2.24) is 35.1 Å². The first kappa shape index (κ1) is 23.4. The maximum Gasteiger partial charge on any atom is 0.317 e. The predicted molar refractivity (Wildman–Crippen MR) is 143 cm³/mol. The average Bonchev–Trinajstić information content (AvgIpc) is 3.60. The van der Waals surface area contributed by atoms with Crippen LogP contribution < -0.4 is 5.32 Å². The first-order valence-corrected chi connectivity index (χ1v) is 13.6. The van der Waals surface area contributed by atoms with Gasteiger partial charge < -0.3 is 10.2 Å². The summed E-state index contributed by atoms with van der Waals surface area (Å²) in [6.45, 7) is 1.78. The number of halogens is 1. The van der Waals surface area contributed by atoms with E-state index in [0.717, 1.165) is 71.1 Å². The molecule has 0 spiro atoms. The minimum Gasteiger partial charge on any atom is -0.334 e. The molecule has 3 aliphatic rings. The standard InChI is InChI=1S/C29H32FN7O/c1-35-26-10-6-18(14-20(26)15-31-35)28-22-17-36(13-12-24(22)33-34-28)29(38)32-25-9-7-21-8-11-27(25)37(21)16-19-4-2-3-5-23(19)30/h2-6,10,14-15,21,25,27H,7-9,11-13,16-17H2,1H3,(H,32,38)(H,33,34). The highest BCUT2D eigenvalue weighted by molar-refractivity contribution is 5.84. The second-order valence-electron chi connectivity index (χ2n) is 10.9. The van der Waals surface area contributed by atoms with E-state index in [2.05, 4.69) is 43.7 Å². The molecule has 2 aromatic carbocycles. The molecule has 2 fully saturated rings. The molecule has 0 radical (unpaired) electrons. The lowest BCUT2D eigenvalue weighted by molar-refractivity contribution is 0.0974. The van der Waals surface area contributed by atoms with Gasteiger partial charge in [-0.25, -0.2) is 9.18 Å². The average molecular weight is 514 g/mol. The Morgan fingerprint density at radius 1 is 1.16 bits per heavy atom. The van der Waals surface area contributed by atoms with Gasteiger partial charge in [0, 0.05) is 72.5 Å². The highest BCUT2D eigenvalue weighted by Gasteiger charge is 2.43. The van der Waals surface area contributed by atoms with Crippen molar-refractivity contribution in [3.8, 4) is 11.3 Å². The molecule has 38 heavy (non-hydrogen) atoms. The number of aromatic amines is 1. The molecule has 2 N–H and O–H groups in total. The van der Waals surface area contributed by atoms with Crippen LogP contribution in [0.25, 0.3) is 22.2 Å². The van der Waals surface area contributed by atoms with Gasteiger partial charge in [0.25, 0.3) is 0 Å². The highest BCUT2D eigenvalue weighted by Crippen LogP contribution is 2.37. The molecule has 7 rings (SSSR count). The van der Waals surface area contributed by atoms with Gasteiger partial charge in [0.15, 0.2) is 0 Å². The van der Waals surface area contributed by atoms with Crippen molar-refractivity contribution in [1.29, 1.82) is 0 Å². The number of urea groups is 1. The lowest BCUT2D eigenvalue weighted by atomic mass is 9.96. The van der Waals surface area contributed by atoms with Crippen molar-refractivity contribution >= 4 is 16.9 Å². The zero-order chi connectivity index (χ0) is 25.8. The van der Waals surface area contributed by atoms with Crippen LogP contribution in [0.5, 0.6) is 0 Å². The minimum absolute atomic E-state index is 0.0216. The summed E-state index contributed by atoms with van der Waals surface area (Å²) in [6.07, 6.45) is 6.76. The normalized spacial score (nSPS) is 23.1. The Labute approximate surface area is 220 Å². The number of nitrogens with one attached hydrogen (secondary N) is 2. The third-order valence-electron chi connectivity index (χ3n) is 8.83. The van der Waals surface area contributed by atoms with E-state index in [-0.39, 0.29) is 23.9 Å². The second-order valence-corrected chi connectivity index (χ2v) is 10.9. The maximum absolute atomic E-state index is 14.4. The van der Waals surface area contributed by atoms with Gasteiger partial charge in [0.2, 0.25) is 0 Å². The number of benzene rings is 2. The van der Waals surface area contributed by atoms with Crippen LogP contribution in [0, 0.1) is 5.82 Å². The first-order valence-electron chi connectivity index (χ1n) is 13.6. The molecule has 0 saturated carbocycles. The summed E-state index contributed by atoms with van der Waals surface area (Å²) in [6, 6.07) is 14.1. The van der Waals surface area contributed by atoms with Crippen molar-refractivity contribution in [3.63, 3.8) is 0 Å². The third-order valence-corrected chi connectivity index (χ3v) is 8.83. The number of amides is 2. The van der Waals surface area contributed by atoms with E-state index in [4.69, 9.17) is 0 Å². The molecular weight excluding hydrogens is 481 g/mol. The molecule has 3 atom stereocenters. The van der Waals surface area contributed by atoms with E-state index in [9.17, 15) is 9.18 Å². The third kappa shape index (κ3) is 3.96. The molecular formula is C29H32FN7O. The van der Waals surface area contributed by atoms with E-state index >= 15 is 0 Å². The van der Waals surface area contributed by atoms with E-state index in [1.54, 1.807) is 6.07 Å². The molecule has 8 nitrogen and oxygen atoms in total. The van der Waals surface area contributed by atoms with Gasteiger partial charge in [-0.3, -0.25) is 14.7 Å². The van der Waals surface area contributed by atoms with Crippen LogP contribution in [-0.2, 0) is 26.6 Å². The zero-order valence-corrected chi connectivity index (χ0v) is 21.5. The maximum atomic E-state index is 14.4. The zero-order valence-electron chi connectivity index (χ0n) is 21.5. The fourth-order valence-electron chi connectivity index (χ4n) is 6.78. The van der Waals surface area contributed by atoms with E-state index < -0.39 is 0 Å². The second kappa shape index (κ2) is 9.23. The Morgan fingerprint density at radius 3 is 2.92 bits per heavy atom. The Balaban J connectivity index is 1.07. The molecule has 2 saturated heterocycles. The molecule has 9 heteroatoms. The SMILES string of the molecule is Cn1ncc2cc(-c3n[nH]c4c3CN(C(=O)NC3CCC5CCC3N5Cc3ccccc3F)CC4)ccc21. The van der Waals surface area contributed by atoms with Crippen LogP contribution in [0.2, 0.25) is 0 Å². The van der Waals surface area contributed by atoms with Gasteiger partial charge in [-0.1, -0.05) is 24.3 Å². The van der Waals surface area contributed by atoms with Crippen molar-refractivity contribution < 1.29 is 9.18 Å². The summed E-state index contributed by atoms with van der Waals surface area (Å²) in [5.74, 6) is -0.152. The first-order chi connectivity index (χ1) is 18.5. The van der Waals surface area contributed by atoms with Crippen molar-refractivity contribution in [2.45, 2.75) is 63.3 Å². The Kier molecular flexibility index (Phi) is 5.69. The van der Waals surface area contributed by atoms with Crippen molar-refractivity contribution in [2.75, 3.05) is 6.54 Å². The quantitative estimate of drug-likeness (QED) is 0.425. The molecule has 3 unspecified atom stereocenters. The molecule has 5 heterocycles. The fourth-order valence-corrected chi connectivity index (χ4v) is 6.78. The minimum atomic E-state index is -0.152. The number of H-pyrrole nitrogens is 1. The highest BCUT2D eigenvalue weighted by atomic mass is 19.1. The number of nitrogens with zero attached hydrogens (tertiary/aromatic N) is 5. The summed E-state index contributed by atoms with van der Waals surface area (Å²) < 4.78 is 16.2. The van der Waals surface area contributed by atoms with E-state index in [1.165, 1.54) is 6.07 Å². The number of aryl methyl sites for hydroxylation is 1. The topological polar surface area (TPSA) is 82.1 Å². The van der Waals surface area contributed by atoms with Gasteiger partial charge in [-0.2, -0.15) is 10.2 Å². The van der Waals surface area contributed by atoms with Crippen LogP contribution >= 0.6 is 0 Å². The van der Waals surface area contributed by atoms with Gasteiger partial charge in [0.1, 0.15) is 5.82 Å². The van der Waals surface area contributed by atoms with Crippen LogP contribution in [0.1, 0.15) is 42.5 Å². The number of carbonyl (C=O) groups excluding carboxylic acids is 1. The van der Waals surface area contributed by atoms with E-state index in [0.29, 0.717) is 25.7 Å². The van der Waals surface area contributed by atoms with Gasteiger partial charge >= 0.3 is 6.03 Å². The Morgan fingerprint density at radius 2 is 2.03 bits per heavy atom. The smallest absolute Gasteiger partial charge is 0.317 e. The summed E-state index contributed by atoms with van der Waals surface area (Å²) >= 11 is 0. The lowest BCUT2D eigenvalue weighted by Gasteiger charge is -2.41. The van der Waals surface area contributed by atoms with E-state index in [1.807, 2.05) is 35.0 Å². The summed E-state index contributed by atoms with van der Waals surface area (Å²) in [5, 5.41) is 16.6. The number of aromatic nitrogens is 4. The van der Waals surface area contributed by atoms with Gasteiger partial charge in [-0.05, 0) is 43.9 Å². The number of piperidine rings is 1. The Hall–Kier alpha value is -3.72. The van der Waals surface area contributed by atoms with Crippen LogP contribution in [0.3, 0.4) is 0 Å². The largest absolute Gasteiger partial charge is 0.334 e. The number of carbonyl (C=O) groups is 1. The van der Waals surface area contributed by atoms with Gasteiger partial charge in [-0.15, -0.1) is 0 Å². The monoisotopic (exact) mass is 513 g/mol. The summed E-state index contributed by atoms with van der Waals surface area (Å²) in [7, 11) is 1.94. The van der Waals surface area contributed by atoms with Crippen molar-refractivity contribution in [2.24, 2.45) is 7.05 Å². The molecule has 196 valence electrons. The molecule has 4 aromatic rings. The lowest BCUT2D eigenvalue weighted by Crippen LogP contribution is -2.56. The van der Waals surface area contributed by atoms with Gasteiger partial charge in [0.05, 0.1) is 24.0 Å². The number of hydrogen-bond donors (Lipinski definition) is 2. The summed E-state index contributed by atoms with van der Waals surface area (Å²) in [5.41, 5.74) is 5.92. The molecule has 3 aliphatic heterocycles. The number of fused-ring (bicyclic) bond motifs is 4. The Bertz CT molecular complexity index is 1510. The molecule has 2 bridgehead atoms. The van der Waals surface area contributed by atoms with Crippen LogP contribution in [-0.4, -0.2) is 60.5 Å². The van der Waals surface area contributed by atoms with Crippen LogP contribution in [0.4, 0.5) is 9.18 Å². The predicted octanol–water partition coefficient (Wildman–Crippen LogP) is 4.37. The number of rotatable bonds is 4. The molecule has 0 aliphatic carbocycles. The van der Waals surface area contributed by atoms with Crippen LogP contribution in [0.15, 0.2) is 48.7 Å². The fraction of sp³-hybridized carbons (Fsp3) is 0.414. The summed E-state index contributed by atoms with van der Waals surface area (Å²) in [4.78, 5) is 17.8. The molecule has 2 aromatic heterocycles. The van der Waals surface area contributed by atoms with Crippen molar-refractivity contribution in [3.05, 3.63) is 71.3 Å².